The van der Waals surface area contributed by atoms with E-state index in [2.05, 4.69) is 0 Å². The number of aryl methyl sites for hydroxylation is 1. The fourth-order valence-electron chi connectivity index (χ4n) is 1.22. The molecule has 0 aliphatic rings. The number of hydrogen-bond acceptors (Lipinski definition) is 2. The third kappa shape index (κ3) is 3.14. The Morgan fingerprint density at radius 2 is 2.12 bits per heavy atom. The molecular formula is C12H16ClNO2. The number of hydrogen-bond donors (Lipinski definition) is 1. The number of carbonyl (C=O) groups is 1. The van der Waals surface area contributed by atoms with Crippen molar-refractivity contribution in [3.05, 3.63) is 28.3 Å². The standard InChI is InChI=1S/C12H16ClNO2/c1-7(2)6-16-11-4-8(3)10(13)5-9(11)12(14)15/h4-5,7H,6H2,1-3H3,(H2,14,15). The maximum absolute atomic E-state index is 11.2. The predicted molar refractivity (Wildman–Crippen MR) is 65.0 cm³/mol. The summed E-state index contributed by atoms with van der Waals surface area (Å²) in [6, 6.07) is 3.29. The molecule has 0 fully saturated rings. The molecule has 16 heavy (non-hydrogen) atoms. The number of halogens is 1. The average Bonchev–Trinajstić information content (AvgIpc) is 2.18. The summed E-state index contributed by atoms with van der Waals surface area (Å²) < 4.78 is 5.54. The molecule has 0 saturated carbocycles. The van der Waals surface area contributed by atoms with Crippen molar-refractivity contribution in [3.8, 4) is 5.75 Å². The van der Waals surface area contributed by atoms with Crippen LogP contribution < -0.4 is 10.5 Å². The lowest BCUT2D eigenvalue weighted by Crippen LogP contribution is -2.15. The summed E-state index contributed by atoms with van der Waals surface area (Å²) in [6.07, 6.45) is 0. The maximum Gasteiger partial charge on any atom is 0.252 e. The second kappa shape index (κ2) is 5.21. The molecule has 3 nitrogen and oxygen atoms in total. The minimum absolute atomic E-state index is 0.330. The molecule has 0 aliphatic carbocycles. The van der Waals surface area contributed by atoms with Gasteiger partial charge in [0, 0.05) is 5.02 Å². The average molecular weight is 242 g/mol. The number of rotatable bonds is 4. The van der Waals surface area contributed by atoms with Gasteiger partial charge in [0.15, 0.2) is 0 Å². The first-order chi connectivity index (χ1) is 7.41. The molecule has 0 bridgehead atoms. The second-order valence-corrected chi connectivity index (χ2v) is 4.57. The fraction of sp³-hybridized carbons (Fsp3) is 0.417. The molecule has 1 aromatic carbocycles. The molecule has 0 saturated heterocycles. The van der Waals surface area contributed by atoms with E-state index in [9.17, 15) is 4.79 Å². The van der Waals surface area contributed by atoms with Crippen molar-refractivity contribution >= 4 is 17.5 Å². The third-order valence-corrected chi connectivity index (χ3v) is 2.51. The van der Waals surface area contributed by atoms with Crippen molar-refractivity contribution in [1.82, 2.24) is 0 Å². The van der Waals surface area contributed by atoms with Gasteiger partial charge in [0.25, 0.3) is 5.91 Å². The van der Waals surface area contributed by atoms with Crippen LogP contribution in [0.2, 0.25) is 5.02 Å². The monoisotopic (exact) mass is 241 g/mol. The van der Waals surface area contributed by atoms with Gasteiger partial charge in [-0.15, -0.1) is 0 Å². The molecule has 4 heteroatoms. The van der Waals surface area contributed by atoms with Crippen LogP contribution in [-0.4, -0.2) is 12.5 Å². The highest BCUT2D eigenvalue weighted by Crippen LogP contribution is 2.26. The SMILES string of the molecule is Cc1cc(OCC(C)C)c(C(N)=O)cc1Cl. The molecule has 0 atom stereocenters. The van der Waals surface area contributed by atoms with Crippen LogP contribution in [0.4, 0.5) is 0 Å². The van der Waals surface area contributed by atoms with E-state index in [4.69, 9.17) is 22.1 Å². The summed E-state index contributed by atoms with van der Waals surface area (Å²) in [5.74, 6) is 0.362. The third-order valence-electron chi connectivity index (χ3n) is 2.10. The van der Waals surface area contributed by atoms with Gasteiger partial charge in [0.05, 0.1) is 12.2 Å². The molecule has 88 valence electrons. The Morgan fingerprint density at radius 3 is 2.62 bits per heavy atom. The van der Waals surface area contributed by atoms with E-state index in [1.54, 1.807) is 12.1 Å². The lowest BCUT2D eigenvalue weighted by Gasteiger charge is -2.13. The van der Waals surface area contributed by atoms with E-state index in [0.29, 0.717) is 28.9 Å². The van der Waals surface area contributed by atoms with E-state index in [1.165, 1.54) is 0 Å². The van der Waals surface area contributed by atoms with Crippen LogP contribution in [0.3, 0.4) is 0 Å². The van der Waals surface area contributed by atoms with E-state index >= 15 is 0 Å². The Hall–Kier alpha value is -1.22. The van der Waals surface area contributed by atoms with E-state index in [0.717, 1.165) is 5.56 Å². The molecule has 2 N–H and O–H groups in total. The van der Waals surface area contributed by atoms with E-state index < -0.39 is 5.91 Å². The van der Waals surface area contributed by atoms with Crippen LogP contribution in [0.1, 0.15) is 29.8 Å². The molecule has 0 spiro atoms. The summed E-state index contributed by atoms with van der Waals surface area (Å²) in [6.45, 7) is 6.47. The van der Waals surface area contributed by atoms with Gasteiger partial charge in [-0.25, -0.2) is 0 Å². The van der Waals surface area contributed by atoms with Crippen LogP contribution in [-0.2, 0) is 0 Å². The Morgan fingerprint density at radius 1 is 1.50 bits per heavy atom. The van der Waals surface area contributed by atoms with Gasteiger partial charge in [0.2, 0.25) is 0 Å². The number of benzene rings is 1. The van der Waals surface area contributed by atoms with Crippen LogP contribution in [0.25, 0.3) is 0 Å². The van der Waals surface area contributed by atoms with Crippen molar-refractivity contribution in [2.45, 2.75) is 20.8 Å². The van der Waals surface area contributed by atoms with Gasteiger partial charge in [-0.2, -0.15) is 0 Å². The molecule has 0 radical (unpaired) electrons. The van der Waals surface area contributed by atoms with Gasteiger partial charge in [-0.1, -0.05) is 25.4 Å². The predicted octanol–water partition coefficient (Wildman–Crippen LogP) is 2.78. The first-order valence-electron chi connectivity index (χ1n) is 5.14. The van der Waals surface area contributed by atoms with Crippen molar-refractivity contribution in [1.29, 1.82) is 0 Å². The topological polar surface area (TPSA) is 52.3 Å². The number of ether oxygens (including phenoxy) is 1. The molecule has 1 aromatic rings. The number of amides is 1. The highest BCUT2D eigenvalue weighted by Gasteiger charge is 2.12. The lowest BCUT2D eigenvalue weighted by atomic mass is 10.1. The second-order valence-electron chi connectivity index (χ2n) is 4.17. The zero-order chi connectivity index (χ0) is 12.3. The van der Waals surface area contributed by atoms with Gasteiger partial charge >= 0.3 is 0 Å². The molecule has 1 amide bonds. The van der Waals surface area contributed by atoms with Gasteiger partial charge in [-0.05, 0) is 30.5 Å². The van der Waals surface area contributed by atoms with Crippen molar-refractivity contribution in [2.75, 3.05) is 6.61 Å². The minimum Gasteiger partial charge on any atom is -0.492 e. The fourth-order valence-corrected chi connectivity index (χ4v) is 1.39. The highest BCUT2D eigenvalue weighted by atomic mass is 35.5. The highest BCUT2D eigenvalue weighted by molar-refractivity contribution is 6.31. The lowest BCUT2D eigenvalue weighted by molar-refractivity contribution is 0.0995. The van der Waals surface area contributed by atoms with Gasteiger partial charge in [0.1, 0.15) is 5.75 Å². The van der Waals surface area contributed by atoms with Crippen LogP contribution >= 0.6 is 11.6 Å². The number of carbonyl (C=O) groups excluding carboxylic acids is 1. The summed E-state index contributed by atoms with van der Waals surface area (Å²) in [5, 5.41) is 0.519. The summed E-state index contributed by atoms with van der Waals surface area (Å²) in [4.78, 5) is 11.2. The summed E-state index contributed by atoms with van der Waals surface area (Å²) >= 11 is 5.93. The Balaban J connectivity index is 3.05. The van der Waals surface area contributed by atoms with Gasteiger partial charge in [-0.3, -0.25) is 4.79 Å². The van der Waals surface area contributed by atoms with Crippen molar-refractivity contribution in [3.63, 3.8) is 0 Å². The summed E-state index contributed by atoms with van der Waals surface area (Å²) in [7, 11) is 0. The quantitative estimate of drug-likeness (QED) is 0.881. The molecule has 0 aromatic heterocycles. The van der Waals surface area contributed by atoms with E-state index in [1.807, 2.05) is 20.8 Å². The molecule has 0 heterocycles. The van der Waals surface area contributed by atoms with Gasteiger partial charge < -0.3 is 10.5 Å². The number of nitrogens with two attached hydrogens (primary N) is 1. The van der Waals surface area contributed by atoms with Crippen LogP contribution in [0, 0.1) is 12.8 Å². The maximum atomic E-state index is 11.2. The smallest absolute Gasteiger partial charge is 0.252 e. The zero-order valence-electron chi connectivity index (χ0n) is 9.71. The number of primary amides is 1. The molecular weight excluding hydrogens is 226 g/mol. The normalized spacial score (nSPS) is 10.6. The van der Waals surface area contributed by atoms with Crippen molar-refractivity contribution < 1.29 is 9.53 Å². The first kappa shape index (κ1) is 12.8. The minimum atomic E-state index is -0.527. The molecule has 0 unspecified atom stereocenters. The Bertz CT molecular complexity index is 402. The molecule has 1 rings (SSSR count). The van der Waals surface area contributed by atoms with Crippen molar-refractivity contribution in [2.24, 2.45) is 11.7 Å². The zero-order valence-corrected chi connectivity index (χ0v) is 10.5. The van der Waals surface area contributed by atoms with Crippen LogP contribution in [0.5, 0.6) is 5.75 Å². The largest absolute Gasteiger partial charge is 0.492 e. The van der Waals surface area contributed by atoms with E-state index in [-0.39, 0.29) is 0 Å². The Labute approximate surface area is 101 Å². The summed E-state index contributed by atoms with van der Waals surface area (Å²) in [5.41, 5.74) is 6.46. The molecule has 0 aliphatic heterocycles. The Kier molecular flexibility index (Phi) is 4.19. The van der Waals surface area contributed by atoms with Crippen LogP contribution in [0.15, 0.2) is 12.1 Å². The first-order valence-corrected chi connectivity index (χ1v) is 5.52.